The van der Waals surface area contributed by atoms with Gasteiger partial charge in [0.2, 0.25) is 5.88 Å². The van der Waals surface area contributed by atoms with Crippen LogP contribution in [0.1, 0.15) is 26.3 Å². The van der Waals surface area contributed by atoms with Crippen molar-refractivity contribution in [3.05, 3.63) is 83.6 Å². The summed E-state index contributed by atoms with van der Waals surface area (Å²) in [7, 11) is 1.46. The minimum Gasteiger partial charge on any atom is -0.481 e. The van der Waals surface area contributed by atoms with Crippen molar-refractivity contribution in [3.63, 3.8) is 0 Å². The van der Waals surface area contributed by atoms with Crippen LogP contribution in [0.2, 0.25) is 0 Å². The summed E-state index contributed by atoms with van der Waals surface area (Å²) in [5.41, 5.74) is -0.0665. The number of amides is 2. The Labute approximate surface area is 169 Å². The van der Waals surface area contributed by atoms with E-state index in [1.54, 1.807) is 12.1 Å². The van der Waals surface area contributed by atoms with Crippen LogP contribution in [0.5, 0.6) is 5.88 Å². The molecule has 6 nitrogen and oxygen atoms in total. The number of ether oxygens (including phenoxy) is 1. The third-order valence-electron chi connectivity index (χ3n) is 4.04. The largest absolute Gasteiger partial charge is 0.481 e. The molecule has 9 heteroatoms. The van der Waals surface area contributed by atoms with Crippen LogP contribution in [0.4, 0.5) is 24.5 Å². The van der Waals surface area contributed by atoms with Crippen LogP contribution < -0.4 is 15.4 Å². The van der Waals surface area contributed by atoms with Gasteiger partial charge in [0.15, 0.2) is 0 Å². The van der Waals surface area contributed by atoms with Crippen LogP contribution in [-0.4, -0.2) is 23.9 Å². The van der Waals surface area contributed by atoms with E-state index in [0.717, 1.165) is 12.1 Å². The molecule has 0 saturated carbocycles. The van der Waals surface area contributed by atoms with Crippen molar-refractivity contribution in [1.29, 1.82) is 0 Å². The molecule has 0 saturated heterocycles. The molecule has 0 aliphatic rings. The smallest absolute Gasteiger partial charge is 0.416 e. The maximum atomic E-state index is 12.8. The van der Waals surface area contributed by atoms with Crippen LogP contribution in [0.25, 0.3) is 0 Å². The molecular weight excluding hydrogens is 399 g/mol. The molecule has 1 aromatic heterocycles. The number of methoxy groups -OCH3 is 1. The van der Waals surface area contributed by atoms with Gasteiger partial charge in [0, 0.05) is 29.2 Å². The predicted molar refractivity (Wildman–Crippen MR) is 105 cm³/mol. The summed E-state index contributed by atoms with van der Waals surface area (Å²) in [5.74, 6) is -0.697. The van der Waals surface area contributed by atoms with Crippen LogP contribution >= 0.6 is 0 Å². The molecule has 0 aliphatic carbocycles. The fourth-order valence-corrected chi connectivity index (χ4v) is 2.55. The Morgan fingerprint density at radius 2 is 1.50 bits per heavy atom. The molecule has 3 aromatic rings. The number of pyridine rings is 1. The van der Waals surface area contributed by atoms with E-state index in [1.165, 1.54) is 49.7 Å². The second-order valence-electron chi connectivity index (χ2n) is 6.16. The summed E-state index contributed by atoms with van der Waals surface area (Å²) in [6.07, 6.45) is -3.17. The standard InChI is InChI=1S/C21H16F3N3O3/c1-30-18-9-8-14(12-25-18)20(29)26-16-6-2-4-13(10-16)19(28)27-17-7-3-5-15(11-17)21(22,23)24/h2-12H,1H3,(H,26,29)(H,27,28). The molecule has 154 valence electrons. The number of hydrogen-bond donors (Lipinski definition) is 2. The second kappa shape index (κ2) is 8.64. The van der Waals surface area contributed by atoms with Crippen LogP contribution in [0.3, 0.4) is 0 Å². The average Bonchev–Trinajstić information content (AvgIpc) is 2.73. The van der Waals surface area contributed by atoms with Gasteiger partial charge in [-0.2, -0.15) is 13.2 Å². The highest BCUT2D eigenvalue weighted by Crippen LogP contribution is 2.30. The molecule has 0 spiro atoms. The highest BCUT2D eigenvalue weighted by Gasteiger charge is 2.30. The lowest BCUT2D eigenvalue weighted by molar-refractivity contribution is -0.137. The van der Waals surface area contributed by atoms with Gasteiger partial charge < -0.3 is 15.4 Å². The molecule has 1 heterocycles. The number of carbonyl (C=O) groups is 2. The number of nitrogens with zero attached hydrogens (tertiary/aromatic N) is 1. The van der Waals surface area contributed by atoms with E-state index in [4.69, 9.17) is 4.74 Å². The molecule has 0 radical (unpaired) electrons. The van der Waals surface area contributed by atoms with E-state index in [9.17, 15) is 22.8 Å². The summed E-state index contributed by atoms with van der Waals surface area (Å²) >= 11 is 0. The van der Waals surface area contributed by atoms with Crippen molar-refractivity contribution < 1.29 is 27.5 Å². The van der Waals surface area contributed by atoms with E-state index in [-0.39, 0.29) is 16.8 Å². The molecular formula is C21H16F3N3O3. The Kier molecular flexibility index (Phi) is 6.01. The number of halogens is 3. The van der Waals surface area contributed by atoms with Crippen LogP contribution in [-0.2, 0) is 6.18 Å². The van der Waals surface area contributed by atoms with E-state index in [1.807, 2.05) is 0 Å². The maximum Gasteiger partial charge on any atom is 0.416 e. The lowest BCUT2D eigenvalue weighted by Crippen LogP contribution is -2.15. The number of aromatic nitrogens is 1. The fraction of sp³-hybridized carbons (Fsp3) is 0.0952. The molecule has 2 N–H and O–H groups in total. The Balaban J connectivity index is 1.71. The number of anilines is 2. The average molecular weight is 415 g/mol. The lowest BCUT2D eigenvalue weighted by Gasteiger charge is -2.11. The van der Waals surface area contributed by atoms with E-state index in [2.05, 4.69) is 15.6 Å². The topological polar surface area (TPSA) is 80.3 Å². The Bertz CT molecular complexity index is 1070. The second-order valence-corrected chi connectivity index (χ2v) is 6.16. The third kappa shape index (κ3) is 5.13. The Morgan fingerprint density at radius 1 is 0.867 bits per heavy atom. The number of rotatable bonds is 5. The zero-order valence-electron chi connectivity index (χ0n) is 15.7. The number of benzene rings is 2. The fourth-order valence-electron chi connectivity index (χ4n) is 2.55. The number of hydrogen-bond acceptors (Lipinski definition) is 4. The van der Waals surface area contributed by atoms with Gasteiger partial charge in [-0.15, -0.1) is 0 Å². The van der Waals surface area contributed by atoms with Gasteiger partial charge >= 0.3 is 6.18 Å². The first-order valence-corrected chi connectivity index (χ1v) is 8.66. The lowest BCUT2D eigenvalue weighted by atomic mass is 10.1. The summed E-state index contributed by atoms with van der Waals surface area (Å²) in [6.45, 7) is 0. The summed E-state index contributed by atoms with van der Waals surface area (Å²) < 4.78 is 43.4. The maximum absolute atomic E-state index is 12.8. The SMILES string of the molecule is COc1ccc(C(=O)Nc2cccc(C(=O)Nc3cccc(C(F)(F)F)c3)c2)cn1. The summed E-state index contributed by atoms with van der Waals surface area (Å²) in [5, 5.41) is 5.06. The predicted octanol–water partition coefficient (Wildman–Crippen LogP) is 4.61. The minimum atomic E-state index is -4.51. The van der Waals surface area contributed by atoms with Gasteiger partial charge in [-0.3, -0.25) is 9.59 Å². The zero-order valence-corrected chi connectivity index (χ0v) is 15.7. The molecule has 0 bridgehead atoms. The number of carbonyl (C=O) groups excluding carboxylic acids is 2. The van der Waals surface area contributed by atoms with Gasteiger partial charge in [-0.05, 0) is 42.5 Å². The van der Waals surface area contributed by atoms with Crippen LogP contribution in [0, 0.1) is 0 Å². The summed E-state index contributed by atoms with van der Waals surface area (Å²) in [6, 6.07) is 13.4. The van der Waals surface area contributed by atoms with Crippen molar-refractivity contribution in [2.45, 2.75) is 6.18 Å². The third-order valence-corrected chi connectivity index (χ3v) is 4.04. The monoisotopic (exact) mass is 415 g/mol. The number of nitrogens with one attached hydrogen (secondary N) is 2. The van der Waals surface area contributed by atoms with E-state index in [0.29, 0.717) is 11.6 Å². The van der Waals surface area contributed by atoms with Gasteiger partial charge in [0.05, 0.1) is 18.2 Å². The molecule has 0 aliphatic heterocycles. The van der Waals surface area contributed by atoms with Crippen molar-refractivity contribution >= 4 is 23.2 Å². The van der Waals surface area contributed by atoms with Crippen molar-refractivity contribution in [2.75, 3.05) is 17.7 Å². The quantitative estimate of drug-likeness (QED) is 0.638. The Morgan fingerprint density at radius 3 is 2.10 bits per heavy atom. The minimum absolute atomic E-state index is 0.00794. The number of alkyl halides is 3. The highest BCUT2D eigenvalue weighted by molar-refractivity contribution is 6.07. The zero-order chi connectivity index (χ0) is 21.7. The molecule has 2 amide bonds. The van der Waals surface area contributed by atoms with Gasteiger partial charge in [-0.25, -0.2) is 4.98 Å². The van der Waals surface area contributed by atoms with Crippen molar-refractivity contribution in [2.24, 2.45) is 0 Å². The normalized spacial score (nSPS) is 10.9. The molecule has 0 fully saturated rings. The van der Waals surface area contributed by atoms with E-state index >= 15 is 0 Å². The molecule has 0 unspecified atom stereocenters. The van der Waals surface area contributed by atoms with Gasteiger partial charge in [0.1, 0.15) is 0 Å². The van der Waals surface area contributed by atoms with E-state index < -0.39 is 23.6 Å². The molecule has 30 heavy (non-hydrogen) atoms. The molecule has 0 atom stereocenters. The first kappa shape index (κ1) is 20.8. The Hall–Kier alpha value is -3.88. The van der Waals surface area contributed by atoms with Crippen molar-refractivity contribution in [3.8, 4) is 5.88 Å². The van der Waals surface area contributed by atoms with Gasteiger partial charge in [-0.1, -0.05) is 12.1 Å². The van der Waals surface area contributed by atoms with Crippen LogP contribution in [0.15, 0.2) is 66.9 Å². The highest BCUT2D eigenvalue weighted by atomic mass is 19.4. The molecule has 3 rings (SSSR count). The summed E-state index contributed by atoms with van der Waals surface area (Å²) in [4.78, 5) is 28.7. The first-order chi connectivity index (χ1) is 14.3. The molecule has 2 aromatic carbocycles. The first-order valence-electron chi connectivity index (χ1n) is 8.66. The van der Waals surface area contributed by atoms with Gasteiger partial charge in [0.25, 0.3) is 11.8 Å². The van der Waals surface area contributed by atoms with Crippen molar-refractivity contribution in [1.82, 2.24) is 4.98 Å².